The summed E-state index contributed by atoms with van der Waals surface area (Å²) >= 11 is 0. The Labute approximate surface area is 63.5 Å². The highest BCUT2D eigenvalue weighted by Gasteiger charge is 2.21. The SMILES string of the molecule is O=CC1Oc2ccccc2O1. The van der Waals surface area contributed by atoms with Crippen LogP contribution in [0.4, 0.5) is 0 Å². The fourth-order valence-corrected chi connectivity index (χ4v) is 0.975. The van der Waals surface area contributed by atoms with Crippen LogP contribution in [0.15, 0.2) is 24.3 Å². The average Bonchev–Trinajstić information content (AvgIpc) is 2.46. The maximum Gasteiger partial charge on any atom is 0.297 e. The zero-order valence-electron chi connectivity index (χ0n) is 5.69. The summed E-state index contributed by atoms with van der Waals surface area (Å²) in [4.78, 5) is 10.2. The van der Waals surface area contributed by atoms with Crippen molar-refractivity contribution in [3.63, 3.8) is 0 Å². The Morgan fingerprint density at radius 1 is 1.18 bits per heavy atom. The van der Waals surface area contributed by atoms with Gasteiger partial charge in [-0.05, 0) is 12.1 Å². The van der Waals surface area contributed by atoms with Gasteiger partial charge in [-0.1, -0.05) is 12.1 Å². The van der Waals surface area contributed by atoms with Crippen molar-refractivity contribution >= 4 is 6.29 Å². The maximum atomic E-state index is 10.2. The van der Waals surface area contributed by atoms with Gasteiger partial charge in [0.25, 0.3) is 6.29 Å². The minimum Gasteiger partial charge on any atom is -0.444 e. The van der Waals surface area contributed by atoms with E-state index < -0.39 is 6.29 Å². The molecule has 0 spiro atoms. The van der Waals surface area contributed by atoms with Crippen LogP contribution in [0.3, 0.4) is 0 Å². The van der Waals surface area contributed by atoms with Crippen LogP contribution in [-0.4, -0.2) is 12.6 Å². The third-order valence-corrected chi connectivity index (χ3v) is 1.45. The van der Waals surface area contributed by atoms with Crippen molar-refractivity contribution in [2.45, 2.75) is 6.29 Å². The zero-order valence-corrected chi connectivity index (χ0v) is 5.69. The van der Waals surface area contributed by atoms with Crippen LogP contribution < -0.4 is 9.47 Å². The van der Waals surface area contributed by atoms with Gasteiger partial charge in [0.15, 0.2) is 11.5 Å². The van der Waals surface area contributed by atoms with Crippen LogP contribution in [0, 0.1) is 0 Å². The maximum absolute atomic E-state index is 10.2. The lowest BCUT2D eigenvalue weighted by Crippen LogP contribution is -2.18. The van der Waals surface area contributed by atoms with Gasteiger partial charge in [0.05, 0.1) is 0 Å². The van der Waals surface area contributed by atoms with Gasteiger partial charge in [0.2, 0.25) is 6.29 Å². The molecule has 0 atom stereocenters. The molecule has 0 aromatic heterocycles. The molecule has 0 N–H and O–H groups in total. The molecule has 0 saturated carbocycles. The molecule has 0 saturated heterocycles. The van der Waals surface area contributed by atoms with E-state index in [1.165, 1.54) is 0 Å². The molecule has 1 heterocycles. The fourth-order valence-electron chi connectivity index (χ4n) is 0.975. The van der Waals surface area contributed by atoms with Gasteiger partial charge in [-0.2, -0.15) is 0 Å². The number of benzene rings is 1. The summed E-state index contributed by atoms with van der Waals surface area (Å²) in [5.74, 6) is 1.26. The second-order valence-corrected chi connectivity index (χ2v) is 2.19. The lowest BCUT2D eigenvalue weighted by atomic mass is 10.3. The Morgan fingerprint density at radius 3 is 2.18 bits per heavy atom. The van der Waals surface area contributed by atoms with Crippen molar-refractivity contribution in [1.82, 2.24) is 0 Å². The number of rotatable bonds is 1. The van der Waals surface area contributed by atoms with E-state index in [0.29, 0.717) is 17.8 Å². The standard InChI is InChI=1S/C8H6O3/c9-5-8-10-6-3-1-2-4-7(6)11-8/h1-5,8H. The molecule has 0 radical (unpaired) electrons. The molecule has 1 aliphatic heterocycles. The smallest absolute Gasteiger partial charge is 0.297 e. The summed E-state index contributed by atoms with van der Waals surface area (Å²) in [6.07, 6.45) is -0.132. The Balaban J connectivity index is 2.33. The van der Waals surface area contributed by atoms with E-state index in [9.17, 15) is 4.79 Å². The normalized spacial score (nSPS) is 14.9. The minimum atomic E-state index is -0.757. The second kappa shape index (κ2) is 2.27. The van der Waals surface area contributed by atoms with Crippen LogP contribution >= 0.6 is 0 Å². The van der Waals surface area contributed by atoms with E-state index in [-0.39, 0.29) is 0 Å². The van der Waals surface area contributed by atoms with Gasteiger partial charge in [0.1, 0.15) is 0 Å². The van der Waals surface area contributed by atoms with Crippen LogP contribution in [0.5, 0.6) is 11.5 Å². The molecule has 3 nitrogen and oxygen atoms in total. The van der Waals surface area contributed by atoms with Gasteiger partial charge >= 0.3 is 0 Å². The average molecular weight is 150 g/mol. The van der Waals surface area contributed by atoms with Gasteiger partial charge in [-0.15, -0.1) is 0 Å². The van der Waals surface area contributed by atoms with Crippen molar-refractivity contribution in [3.05, 3.63) is 24.3 Å². The van der Waals surface area contributed by atoms with Gasteiger partial charge in [-0.3, -0.25) is 4.79 Å². The van der Waals surface area contributed by atoms with Crippen LogP contribution in [0.25, 0.3) is 0 Å². The molecule has 1 aromatic rings. The van der Waals surface area contributed by atoms with Crippen LogP contribution in [0.2, 0.25) is 0 Å². The summed E-state index contributed by atoms with van der Waals surface area (Å²) in [7, 11) is 0. The highest BCUT2D eigenvalue weighted by Crippen LogP contribution is 2.32. The fraction of sp³-hybridized carbons (Fsp3) is 0.125. The van der Waals surface area contributed by atoms with Gasteiger partial charge < -0.3 is 9.47 Å². The summed E-state index contributed by atoms with van der Waals surface area (Å²) in [5.41, 5.74) is 0. The predicted octanol–water partition coefficient (Wildman–Crippen LogP) is 0.983. The number of hydrogen-bond donors (Lipinski definition) is 0. The lowest BCUT2D eigenvalue weighted by Gasteiger charge is -1.98. The van der Waals surface area contributed by atoms with Gasteiger partial charge in [-0.25, -0.2) is 0 Å². The number of carbonyl (C=O) groups excluding carboxylic acids is 1. The molecular weight excluding hydrogens is 144 g/mol. The number of para-hydroxylation sites is 2. The minimum absolute atomic E-state index is 0.625. The third kappa shape index (κ3) is 0.941. The molecule has 11 heavy (non-hydrogen) atoms. The molecule has 0 amide bonds. The quantitative estimate of drug-likeness (QED) is 0.560. The van der Waals surface area contributed by atoms with E-state index in [1.54, 1.807) is 12.1 Å². The van der Waals surface area contributed by atoms with Crippen molar-refractivity contribution in [2.24, 2.45) is 0 Å². The Kier molecular flexibility index (Phi) is 1.28. The predicted molar refractivity (Wildman–Crippen MR) is 37.6 cm³/mol. The van der Waals surface area contributed by atoms with E-state index >= 15 is 0 Å². The van der Waals surface area contributed by atoms with Crippen LogP contribution in [0.1, 0.15) is 0 Å². The molecule has 56 valence electrons. The van der Waals surface area contributed by atoms with Gasteiger partial charge in [0, 0.05) is 0 Å². The first-order valence-electron chi connectivity index (χ1n) is 3.28. The number of fused-ring (bicyclic) bond motifs is 1. The zero-order chi connectivity index (χ0) is 7.68. The molecule has 0 bridgehead atoms. The first-order chi connectivity index (χ1) is 5.40. The largest absolute Gasteiger partial charge is 0.444 e. The summed E-state index contributed by atoms with van der Waals surface area (Å²) in [5, 5.41) is 0. The van der Waals surface area contributed by atoms with E-state index in [1.807, 2.05) is 12.1 Å². The van der Waals surface area contributed by atoms with Crippen molar-refractivity contribution < 1.29 is 14.3 Å². The molecular formula is C8H6O3. The molecule has 1 aromatic carbocycles. The molecule has 0 fully saturated rings. The Bertz CT molecular complexity index is 257. The number of hydrogen-bond acceptors (Lipinski definition) is 3. The monoisotopic (exact) mass is 150 g/mol. The number of carbonyl (C=O) groups is 1. The van der Waals surface area contributed by atoms with Crippen molar-refractivity contribution in [3.8, 4) is 11.5 Å². The van der Waals surface area contributed by atoms with Crippen LogP contribution in [-0.2, 0) is 4.79 Å². The molecule has 2 rings (SSSR count). The highest BCUT2D eigenvalue weighted by atomic mass is 16.7. The third-order valence-electron chi connectivity index (χ3n) is 1.45. The summed E-state index contributed by atoms with van der Waals surface area (Å²) in [6.45, 7) is 0. The number of ether oxygens (including phenoxy) is 2. The van der Waals surface area contributed by atoms with E-state index in [2.05, 4.69) is 0 Å². The number of aldehydes is 1. The first kappa shape index (κ1) is 6.22. The molecule has 1 aliphatic rings. The van der Waals surface area contributed by atoms with E-state index in [4.69, 9.17) is 9.47 Å². The van der Waals surface area contributed by atoms with Crippen molar-refractivity contribution in [2.75, 3.05) is 0 Å². The topological polar surface area (TPSA) is 35.5 Å². The molecule has 0 unspecified atom stereocenters. The Hall–Kier alpha value is -1.51. The summed E-state index contributed by atoms with van der Waals surface area (Å²) in [6, 6.07) is 7.18. The molecule has 3 heteroatoms. The Morgan fingerprint density at radius 2 is 1.73 bits per heavy atom. The van der Waals surface area contributed by atoms with E-state index in [0.717, 1.165) is 0 Å². The van der Waals surface area contributed by atoms with Crippen molar-refractivity contribution in [1.29, 1.82) is 0 Å². The lowest BCUT2D eigenvalue weighted by molar-refractivity contribution is -0.121. The highest BCUT2D eigenvalue weighted by molar-refractivity contribution is 5.59. The molecule has 0 aliphatic carbocycles. The second-order valence-electron chi connectivity index (χ2n) is 2.19. The summed E-state index contributed by atoms with van der Waals surface area (Å²) < 4.78 is 10.1. The first-order valence-corrected chi connectivity index (χ1v) is 3.28.